The van der Waals surface area contributed by atoms with Crippen LogP contribution in [-0.2, 0) is 6.18 Å². The van der Waals surface area contributed by atoms with Gasteiger partial charge in [0.15, 0.2) is 0 Å². The number of rotatable bonds is 2. The first-order valence-electron chi connectivity index (χ1n) is 4.85. The van der Waals surface area contributed by atoms with Gasteiger partial charge in [0.05, 0.1) is 5.56 Å². The number of anilines is 1. The third-order valence-electron chi connectivity index (χ3n) is 2.12. The van der Waals surface area contributed by atoms with Crippen LogP contribution in [0.25, 0.3) is 0 Å². The van der Waals surface area contributed by atoms with E-state index in [1.165, 1.54) is 6.92 Å². The van der Waals surface area contributed by atoms with Crippen LogP contribution in [0.3, 0.4) is 0 Å². The quantitative estimate of drug-likeness (QED) is 0.841. The molecule has 0 fully saturated rings. The van der Waals surface area contributed by atoms with Crippen LogP contribution < -0.4 is 5.32 Å². The number of nitrogens with one attached hydrogen (secondary N) is 1. The molecule has 0 bridgehead atoms. The molecule has 1 N–H and O–H groups in total. The largest absolute Gasteiger partial charge is 0.416 e. The van der Waals surface area contributed by atoms with Crippen molar-refractivity contribution in [3.8, 4) is 0 Å². The summed E-state index contributed by atoms with van der Waals surface area (Å²) in [5.41, 5.74) is 0.131. The van der Waals surface area contributed by atoms with Crippen LogP contribution in [0.15, 0.2) is 16.6 Å². The topological polar surface area (TPSA) is 12.0 Å². The summed E-state index contributed by atoms with van der Waals surface area (Å²) >= 11 is 3.09. The lowest BCUT2D eigenvalue weighted by Gasteiger charge is -2.18. The number of hydrogen-bond acceptors (Lipinski definition) is 1. The highest BCUT2D eigenvalue weighted by Crippen LogP contribution is 2.37. The molecular formula is C11H13BrF3N. The predicted octanol–water partition coefficient (Wildman–Crippen LogP) is 4.60. The summed E-state index contributed by atoms with van der Waals surface area (Å²) in [6.07, 6.45) is -4.32. The SMILES string of the molecule is Cc1c(NC(C)C)cc(Br)cc1C(F)(F)F. The molecule has 0 aliphatic carbocycles. The van der Waals surface area contributed by atoms with E-state index < -0.39 is 11.7 Å². The fourth-order valence-corrected chi connectivity index (χ4v) is 1.89. The molecule has 0 aliphatic rings. The second-order valence-electron chi connectivity index (χ2n) is 3.92. The highest BCUT2D eigenvalue weighted by molar-refractivity contribution is 9.10. The fourth-order valence-electron chi connectivity index (χ4n) is 1.43. The van der Waals surface area contributed by atoms with Crippen molar-refractivity contribution in [2.45, 2.75) is 33.0 Å². The number of halogens is 4. The Kier molecular flexibility index (Phi) is 3.88. The van der Waals surface area contributed by atoms with Crippen LogP contribution in [0.4, 0.5) is 18.9 Å². The molecule has 0 radical (unpaired) electrons. The Labute approximate surface area is 101 Å². The Hall–Kier alpha value is -0.710. The van der Waals surface area contributed by atoms with Gasteiger partial charge in [-0.1, -0.05) is 15.9 Å². The minimum atomic E-state index is -4.32. The van der Waals surface area contributed by atoms with E-state index in [4.69, 9.17) is 0 Å². The molecule has 0 amide bonds. The third-order valence-corrected chi connectivity index (χ3v) is 2.58. The van der Waals surface area contributed by atoms with Crippen LogP contribution in [0, 0.1) is 6.92 Å². The monoisotopic (exact) mass is 295 g/mol. The van der Waals surface area contributed by atoms with Crippen molar-refractivity contribution in [3.63, 3.8) is 0 Å². The molecule has 1 nitrogen and oxygen atoms in total. The zero-order valence-electron chi connectivity index (χ0n) is 9.24. The maximum Gasteiger partial charge on any atom is 0.416 e. The molecule has 1 rings (SSSR count). The van der Waals surface area contributed by atoms with Crippen molar-refractivity contribution in [1.82, 2.24) is 0 Å². The lowest BCUT2D eigenvalue weighted by Crippen LogP contribution is -2.14. The van der Waals surface area contributed by atoms with E-state index in [1.807, 2.05) is 13.8 Å². The Morgan fingerprint density at radius 2 is 1.81 bits per heavy atom. The first-order chi connectivity index (χ1) is 7.21. The molecule has 5 heteroatoms. The van der Waals surface area contributed by atoms with Crippen LogP contribution in [0.5, 0.6) is 0 Å². The summed E-state index contributed by atoms with van der Waals surface area (Å²) in [5, 5.41) is 3.00. The number of benzene rings is 1. The normalized spacial score (nSPS) is 12.0. The van der Waals surface area contributed by atoms with Crippen molar-refractivity contribution in [2.75, 3.05) is 5.32 Å². The Morgan fingerprint density at radius 3 is 2.25 bits per heavy atom. The highest BCUT2D eigenvalue weighted by atomic mass is 79.9. The summed E-state index contributed by atoms with van der Waals surface area (Å²) in [4.78, 5) is 0. The zero-order valence-corrected chi connectivity index (χ0v) is 10.8. The molecule has 0 atom stereocenters. The molecule has 0 heterocycles. The summed E-state index contributed by atoms with van der Waals surface area (Å²) < 4.78 is 38.5. The third kappa shape index (κ3) is 3.14. The van der Waals surface area contributed by atoms with Crippen molar-refractivity contribution >= 4 is 21.6 Å². The second kappa shape index (κ2) is 4.65. The van der Waals surface area contributed by atoms with E-state index in [9.17, 15) is 13.2 Å². The first-order valence-corrected chi connectivity index (χ1v) is 5.65. The summed E-state index contributed by atoms with van der Waals surface area (Å²) in [5.74, 6) is 0. The summed E-state index contributed by atoms with van der Waals surface area (Å²) in [7, 11) is 0. The van der Waals surface area contributed by atoms with Crippen molar-refractivity contribution in [1.29, 1.82) is 0 Å². The molecule has 0 saturated heterocycles. The maximum atomic E-state index is 12.7. The first kappa shape index (κ1) is 13.4. The molecule has 1 aromatic carbocycles. The zero-order chi connectivity index (χ0) is 12.5. The van der Waals surface area contributed by atoms with Crippen LogP contribution in [0.2, 0.25) is 0 Å². The van der Waals surface area contributed by atoms with Crippen molar-refractivity contribution in [3.05, 3.63) is 27.7 Å². The summed E-state index contributed by atoms with van der Waals surface area (Å²) in [6.45, 7) is 5.24. The van der Waals surface area contributed by atoms with E-state index in [0.29, 0.717) is 10.2 Å². The van der Waals surface area contributed by atoms with E-state index in [1.54, 1.807) is 6.07 Å². The highest BCUT2D eigenvalue weighted by Gasteiger charge is 2.33. The van der Waals surface area contributed by atoms with Gasteiger partial charge in [-0.05, 0) is 38.5 Å². The minimum absolute atomic E-state index is 0.0917. The number of hydrogen-bond donors (Lipinski definition) is 1. The minimum Gasteiger partial charge on any atom is -0.383 e. The van der Waals surface area contributed by atoms with Gasteiger partial charge >= 0.3 is 6.18 Å². The standard InChI is InChI=1S/C11H13BrF3N/c1-6(2)16-10-5-8(12)4-9(7(10)3)11(13,14)15/h4-6,16H,1-3H3. The molecule has 0 saturated carbocycles. The molecule has 16 heavy (non-hydrogen) atoms. The summed E-state index contributed by atoms with van der Waals surface area (Å²) in [6, 6.07) is 2.85. The Balaban J connectivity index is 3.26. The molecule has 1 aromatic rings. The van der Waals surface area contributed by atoms with E-state index in [0.717, 1.165) is 6.07 Å². The van der Waals surface area contributed by atoms with Gasteiger partial charge in [-0.25, -0.2) is 0 Å². The van der Waals surface area contributed by atoms with Crippen LogP contribution in [0.1, 0.15) is 25.0 Å². The maximum absolute atomic E-state index is 12.7. The average Bonchev–Trinajstić information content (AvgIpc) is 2.07. The molecular weight excluding hydrogens is 283 g/mol. The van der Waals surface area contributed by atoms with Gasteiger partial charge in [-0.3, -0.25) is 0 Å². The van der Waals surface area contributed by atoms with Crippen LogP contribution in [-0.4, -0.2) is 6.04 Å². The fraction of sp³-hybridized carbons (Fsp3) is 0.455. The van der Waals surface area contributed by atoms with Gasteiger partial charge < -0.3 is 5.32 Å². The molecule has 0 spiro atoms. The molecule has 90 valence electrons. The van der Waals surface area contributed by atoms with Gasteiger partial charge in [-0.15, -0.1) is 0 Å². The van der Waals surface area contributed by atoms with E-state index in [2.05, 4.69) is 21.2 Å². The Morgan fingerprint density at radius 1 is 1.25 bits per heavy atom. The molecule has 0 aliphatic heterocycles. The average molecular weight is 296 g/mol. The van der Waals surface area contributed by atoms with Crippen LogP contribution >= 0.6 is 15.9 Å². The van der Waals surface area contributed by atoms with Gasteiger partial charge in [0, 0.05) is 16.2 Å². The van der Waals surface area contributed by atoms with Crippen molar-refractivity contribution < 1.29 is 13.2 Å². The molecule has 0 aromatic heterocycles. The van der Waals surface area contributed by atoms with E-state index in [-0.39, 0.29) is 11.6 Å². The van der Waals surface area contributed by atoms with Crippen molar-refractivity contribution in [2.24, 2.45) is 0 Å². The molecule has 0 unspecified atom stereocenters. The second-order valence-corrected chi connectivity index (χ2v) is 4.84. The van der Waals surface area contributed by atoms with Gasteiger partial charge in [0.25, 0.3) is 0 Å². The number of alkyl halides is 3. The lowest BCUT2D eigenvalue weighted by molar-refractivity contribution is -0.138. The Bertz CT molecular complexity index is 386. The lowest BCUT2D eigenvalue weighted by atomic mass is 10.1. The predicted molar refractivity (Wildman–Crippen MR) is 62.6 cm³/mol. The van der Waals surface area contributed by atoms with Gasteiger partial charge in [0.1, 0.15) is 0 Å². The van der Waals surface area contributed by atoms with Gasteiger partial charge in [0.2, 0.25) is 0 Å². The van der Waals surface area contributed by atoms with E-state index >= 15 is 0 Å². The van der Waals surface area contributed by atoms with Gasteiger partial charge in [-0.2, -0.15) is 13.2 Å². The smallest absolute Gasteiger partial charge is 0.383 e.